The predicted molar refractivity (Wildman–Crippen MR) is 89.4 cm³/mol. The number of halogens is 2. The molecule has 0 bridgehead atoms. The van der Waals surface area contributed by atoms with Crippen LogP contribution in [0.5, 0.6) is 0 Å². The maximum atomic E-state index is 13.3. The lowest BCUT2D eigenvalue weighted by molar-refractivity contribution is -0.215. The SMILES string of the molecule is C/C=C/CC1CCC(C2COC(c3cc(F)cc(F)c3)OC2)CC1. The summed E-state index contributed by atoms with van der Waals surface area (Å²) >= 11 is 0. The summed E-state index contributed by atoms with van der Waals surface area (Å²) in [6.45, 7) is 3.28. The normalized spacial score (nSPS) is 31.5. The first-order valence-electron chi connectivity index (χ1n) is 8.96. The molecule has 3 rings (SSSR count). The second-order valence-electron chi connectivity index (χ2n) is 7.05. The number of ether oxygens (including phenoxy) is 2. The smallest absolute Gasteiger partial charge is 0.184 e. The molecule has 0 atom stereocenters. The molecule has 0 radical (unpaired) electrons. The van der Waals surface area contributed by atoms with Gasteiger partial charge in [-0.2, -0.15) is 0 Å². The van der Waals surface area contributed by atoms with E-state index in [1.165, 1.54) is 44.2 Å². The van der Waals surface area contributed by atoms with Gasteiger partial charge in [0.05, 0.1) is 13.2 Å². The van der Waals surface area contributed by atoms with Crippen LogP contribution in [0.25, 0.3) is 0 Å². The Hall–Kier alpha value is -1.26. The number of allylic oxidation sites excluding steroid dienone is 2. The lowest BCUT2D eigenvalue weighted by Crippen LogP contribution is -2.34. The Morgan fingerprint density at radius 2 is 1.58 bits per heavy atom. The molecule has 1 heterocycles. The van der Waals surface area contributed by atoms with E-state index < -0.39 is 17.9 Å². The lowest BCUT2D eigenvalue weighted by Gasteiger charge is -2.37. The summed E-state index contributed by atoms with van der Waals surface area (Å²) in [5.74, 6) is 0.641. The van der Waals surface area contributed by atoms with E-state index in [9.17, 15) is 8.78 Å². The minimum absolute atomic E-state index is 0.391. The Balaban J connectivity index is 1.49. The fraction of sp³-hybridized carbons (Fsp3) is 0.600. The molecule has 0 aromatic heterocycles. The molecule has 0 unspecified atom stereocenters. The number of benzene rings is 1. The van der Waals surface area contributed by atoms with Crippen molar-refractivity contribution in [3.05, 3.63) is 47.5 Å². The van der Waals surface area contributed by atoms with Crippen LogP contribution in [-0.2, 0) is 9.47 Å². The molecule has 1 aliphatic heterocycles. The first kappa shape index (κ1) is 17.6. The van der Waals surface area contributed by atoms with Crippen LogP contribution in [0.1, 0.15) is 50.9 Å². The molecule has 2 nitrogen and oxygen atoms in total. The van der Waals surface area contributed by atoms with Gasteiger partial charge < -0.3 is 9.47 Å². The molecule has 24 heavy (non-hydrogen) atoms. The van der Waals surface area contributed by atoms with Crippen molar-refractivity contribution in [3.8, 4) is 0 Å². The lowest BCUT2D eigenvalue weighted by atomic mass is 9.75. The molecule has 4 heteroatoms. The second-order valence-corrected chi connectivity index (χ2v) is 7.05. The van der Waals surface area contributed by atoms with Crippen molar-refractivity contribution in [2.75, 3.05) is 13.2 Å². The second kappa shape index (κ2) is 8.21. The van der Waals surface area contributed by atoms with E-state index in [4.69, 9.17) is 9.47 Å². The molecule has 0 amide bonds. The Morgan fingerprint density at radius 3 is 2.17 bits per heavy atom. The van der Waals surface area contributed by atoms with Gasteiger partial charge in [0, 0.05) is 17.5 Å². The highest BCUT2D eigenvalue weighted by atomic mass is 19.1. The summed E-state index contributed by atoms with van der Waals surface area (Å²) in [5.41, 5.74) is 0.418. The van der Waals surface area contributed by atoms with Crippen molar-refractivity contribution in [2.45, 2.75) is 45.3 Å². The fourth-order valence-corrected chi connectivity index (χ4v) is 3.92. The zero-order valence-corrected chi connectivity index (χ0v) is 14.2. The summed E-state index contributed by atoms with van der Waals surface area (Å²) in [6, 6.07) is 3.42. The largest absolute Gasteiger partial charge is 0.348 e. The van der Waals surface area contributed by atoms with Crippen molar-refractivity contribution in [1.29, 1.82) is 0 Å². The third-order valence-electron chi connectivity index (χ3n) is 5.34. The van der Waals surface area contributed by atoms with E-state index in [1.807, 2.05) is 0 Å². The third kappa shape index (κ3) is 4.42. The van der Waals surface area contributed by atoms with Gasteiger partial charge >= 0.3 is 0 Å². The standard InChI is InChI=1S/C20H26F2O2/c1-2-3-4-14-5-7-15(8-6-14)17-12-23-20(24-13-17)16-9-18(21)11-19(22)10-16/h2-3,9-11,14-15,17,20H,4-8,12-13H2,1H3/b3-2+. The van der Waals surface area contributed by atoms with E-state index in [0.717, 1.165) is 12.0 Å². The van der Waals surface area contributed by atoms with Gasteiger partial charge in [0.1, 0.15) is 11.6 Å². The Bertz CT molecular complexity index is 537. The summed E-state index contributed by atoms with van der Waals surface area (Å²) in [6.07, 6.45) is 9.91. The Labute approximate surface area is 142 Å². The molecule has 1 aromatic carbocycles. The van der Waals surface area contributed by atoms with Crippen LogP contribution in [-0.4, -0.2) is 13.2 Å². The highest BCUT2D eigenvalue weighted by Gasteiger charge is 2.32. The monoisotopic (exact) mass is 336 g/mol. The van der Waals surface area contributed by atoms with E-state index >= 15 is 0 Å². The summed E-state index contributed by atoms with van der Waals surface area (Å²) in [5, 5.41) is 0. The fourth-order valence-electron chi connectivity index (χ4n) is 3.92. The maximum Gasteiger partial charge on any atom is 0.184 e. The summed E-state index contributed by atoms with van der Waals surface area (Å²) in [4.78, 5) is 0. The van der Waals surface area contributed by atoms with Crippen molar-refractivity contribution >= 4 is 0 Å². The molecule has 1 saturated heterocycles. The minimum Gasteiger partial charge on any atom is -0.348 e. The zero-order valence-electron chi connectivity index (χ0n) is 14.2. The molecule has 2 fully saturated rings. The molecule has 2 aliphatic rings. The van der Waals surface area contributed by atoms with Crippen LogP contribution in [0.3, 0.4) is 0 Å². The number of rotatable bonds is 4. The maximum absolute atomic E-state index is 13.3. The first-order chi connectivity index (χ1) is 11.7. The van der Waals surface area contributed by atoms with Crippen LogP contribution in [0.2, 0.25) is 0 Å². The molecule has 1 aromatic rings. The highest BCUT2D eigenvalue weighted by Crippen LogP contribution is 2.38. The minimum atomic E-state index is -0.655. The molecule has 0 N–H and O–H groups in total. The van der Waals surface area contributed by atoms with Gasteiger partial charge in [-0.05, 0) is 63.0 Å². The van der Waals surface area contributed by atoms with Crippen LogP contribution >= 0.6 is 0 Å². The molecule has 1 saturated carbocycles. The van der Waals surface area contributed by atoms with E-state index in [-0.39, 0.29) is 0 Å². The molecular weight excluding hydrogens is 310 g/mol. The quantitative estimate of drug-likeness (QED) is 0.686. The molecular formula is C20H26F2O2. The van der Waals surface area contributed by atoms with E-state index in [1.54, 1.807) is 0 Å². The van der Waals surface area contributed by atoms with Gasteiger partial charge in [-0.25, -0.2) is 8.78 Å². The van der Waals surface area contributed by atoms with Crippen LogP contribution in [0.15, 0.2) is 30.4 Å². The van der Waals surface area contributed by atoms with Crippen molar-refractivity contribution in [2.24, 2.45) is 17.8 Å². The van der Waals surface area contributed by atoms with Gasteiger partial charge in [-0.15, -0.1) is 0 Å². The first-order valence-corrected chi connectivity index (χ1v) is 8.96. The van der Waals surface area contributed by atoms with Gasteiger partial charge in [0.15, 0.2) is 6.29 Å². The van der Waals surface area contributed by atoms with Crippen molar-refractivity contribution in [1.82, 2.24) is 0 Å². The zero-order chi connectivity index (χ0) is 16.9. The molecule has 0 spiro atoms. The van der Waals surface area contributed by atoms with Crippen LogP contribution in [0, 0.1) is 29.4 Å². The summed E-state index contributed by atoms with van der Waals surface area (Å²) in [7, 11) is 0. The average Bonchev–Trinajstić information content (AvgIpc) is 2.60. The van der Waals surface area contributed by atoms with Crippen molar-refractivity contribution < 1.29 is 18.3 Å². The Morgan fingerprint density at radius 1 is 0.958 bits per heavy atom. The van der Waals surface area contributed by atoms with Crippen LogP contribution < -0.4 is 0 Å². The van der Waals surface area contributed by atoms with Crippen LogP contribution in [0.4, 0.5) is 8.78 Å². The van der Waals surface area contributed by atoms with E-state index in [0.29, 0.717) is 30.6 Å². The van der Waals surface area contributed by atoms with Gasteiger partial charge in [0.2, 0.25) is 0 Å². The third-order valence-corrected chi connectivity index (χ3v) is 5.34. The Kier molecular flexibility index (Phi) is 6.01. The molecule has 132 valence electrons. The summed E-state index contributed by atoms with van der Waals surface area (Å²) < 4.78 is 38.2. The molecule has 1 aliphatic carbocycles. The number of hydrogen-bond donors (Lipinski definition) is 0. The average molecular weight is 336 g/mol. The van der Waals surface area contributed by atoms with E-state index in [2.05, 4.69) is 19.1 Å². The number of hydrogen-bond acceptors (Lipinski definition) is 2. The van der Waals surface area contributed by atoms with Gasteiger partial charge in [-0.3, -0.25) is 0 Å². The van der Waals surface area contributed by atoms with Gasteiger partial charge in [0.25, 0.3) is 0 Å². The predicted octanol–water partition coefficient (Wildman–Crippen LogP) is 5.40. The topological polar surface area (TPSA) is 18.5 Å². The highest BCUT2D eigenvalue weighted by molar-refractivity contribution is 5.19. The van der Waals surface area contributed by atoms with Crippen molar-refractivity contribution in [3.63, 3.8) is 0 Å². The van der Waals surface area contributed by atoms with Gasteiger partial charge in [-0.1, -0.05) is 12.2 Å².